The Bertz CT molecular complexity index is 561. The van der Waals surface area contributed by atoms with Crippen LogP contribution in [0.25, 0.3) is 0 Å². The lowest BCUT2D eigenvalue weighted by molar-refractivity contribution is -0.200. The minimum absolute atomic E-state index is 0.277. The topological polar surface area (TPSA) is 66.4 Å². The minimum atomic E-state index is -4.96. The largest absolute Gasteiger partial charge is 0.415 e. The lowest BCUT2D eigenvalue weighted by Crippen LogP contribution is -2.40. The van der Waals surface area contributed by atoms with Gasteiger partial charge in [0, 0.05) is 11.0 Å². The van der Waals surface area contributed by atoms with E-state index in [1.54, 1.807) is 0 Å². The predicted octanol–water partition coefficient (Wildman–Crippen LogP) is 1.79. The van der Waals surface area contributed by atoms with Crippen LogP contribution >= 0.6 is 15.9 Å². The molecule has 0 aliphatic heterocycles. The third-order valence-electron chi connectivity index (χ3n) is 2.03. The second-order valence-corrected chi connectivity index (χ2v) is 6.14. The number of nitrogens with one attached hydrogen (secondary N) is 1. The maximum absolute atomic E-state index is 13.4. The molecule has 0 heterocycles. The normalized spacial score (nSPS) is 14.4. The van der Waals surface area contributed by atoms with Crippen LogP contribution in [0, 0.1) is 5.82 Å². The van der Waals surface area contributed by atoms with Gasteiger partial charge in [-0.05, 0) is 18.2 Å². The summed E-state index contributed by atoms with van der Waals surface area (Å²) in [5, 5.41) is 8.66. The summed E-state index contributed by atoms with van der Waals surface area (Å²) < 4.78 is 74.2. The maximum atomic E-state index is 13.4. The standard InChI is InChI=1S/C9H8BrF4NO3S/c10-5-1-2-7(6(11)3-5)19(17,18)15-4-8(16)9(12,13)14/h1-3,8,15-16H,4H2. The number of halogens is 5. The number of sulfonamides is 1. The fourth-order valence-corrected chi connectivity index (χ4v) is 2.50. The second-order valence-electron chi connectivity index (χ2n) is 3.48. The van der Waals surface area contributed by atoms with Crippen molar-refractivity contribution in [3.8, 4) is 0 Å². The number of aliphatic hydroxyl groups excluding tert-OH is 1. The molecule has 0 amide bonds. The first kappa shape index (κ1) is 16.3. The van der Waals surface area contributed by atoms with Crippen molar-refractivity contribution in [2.75, 3.05) is 6.54 Å². The van der Waals surface area contributed by atoms with Crippen molar-refractivity contribution < 1.29 is 31.1 Å². The van der Waals surface area contributed by atoms with Crippen LogP contribution in [0.15, 0.2) is 27.6 Å². The average Bonchev–Trinajstić information content (AvgIpc) is 2.24. The molecule has 0 spiro atoms. The number of aliphatic hydroxyl groups is 1. The number of alkyl halides is 3. The summed E-state index contributed by atoms with van der Waals surface area (Å²) in [6.07, 6.45) is -7.82. The van der Waals surface area contributed by atoms with Crippen LogP contribution in [-0.4, -0.2) is 32.3 Å². The fourth-order valence-electron chi connectivity index (χ4n) is 1.08. The molecule has 0 saturated heterocycles. The Hall–Kier alpha value is -0.710. The van der Waals surface area contributed by atoms with E-state index in [-0.39, 0.29) is 4.47 Å². The summed E-state index contributed by atoms with van der Waals surface area (Å²) in [6.45, 7) is -1.29. The van der Waals surface area contributed by atoms with Crippen LogP contribution in [0.1, 0.15) is 0 Å². The first-order valence-corrected chi connectivity index (χ1v) is 7.01. The molecule has 0 aliphatic carbocycles. The Labute approximate surface area is 114 Å². The van der Waals surface area contributed by atoms with E-state index < -0.39 is 39.6 Å². The van der Waals surface area contributed by atoms with Crippen molar-refractivity contribution in [2.45, 2.75) is 17.2 Å². The van der Waals surface area contributed by atoms with Crippen molar-refractivity contribution in [1.29, 1.82) is 0 Å². The molecule has 108 valence electrons. The van der Waals surface area contributed by atoms with E-state index in [2.05, 4.69) is 15.9 Å². The number of hydrogen-bond acceptors (Lipinski definition) is 3. The van der Waals surface area contributed by atoms with E-state index in [0.717, 1.165) is 12.1 Å². The number of benzene rings is 1. The second kappa shape index (κ2) is 5.73. The lowest BCUT2D eigenvalue weighted by atomic mass is 10.3. The zero-order valence-corrected chi connectivity index (χ0v) is 11.5. The zero-order valence-electron chi connectivity index (χ0n) is 9.08. The van der Waals surface area contributed by atoms with E-state index >= 15 is 0 Å². The molecule has 0 saturated carbocycles. The predicted molar refractivity (Wildman–Crippen MR) is 61.4 cm³/mol. The molecule has 1 aromatic rings. The molecule has 1 unspecified atom stereocenters. The lowest BCUT2D eigenvalue weighted by Gasteiger charge is -2.15. The molecule has 1 rings (SSSR count). The van der Waals surface area contributed by atoms with Crippen LogP contribution in [-0.2, 0) is 10.0 Å². The third-order valence-corrected chi connectivity index (χ3v) is 3.98. The molecule has 0 radical (unpaired) electrons. The Morgan fingerprint density at radius 3 is 2.42 bits per heavy atom. The zero-order chi connectivity index (χ0) is 14.8. The summed E-state index contributed by atoms with van der Waals surface area (Å²) in [6, 6.07) is 2.97. The summed E-state index contributed by atoms with van der Waals surface area (Å²) >= 11 is 2.91. The first-order chi connectivity index (χ1) is 8.54. The van der Waals surface area contributed by atoms with Gasteiger partial charge in [-0.15, -0.1) is 0 Å². The SMILES string of the molecule is O=S(=O)(NCC(O)C(F)(F)F)c1ccc(Br)cc1F. The van der Waals surface area contributed by atoms with Gasteiger partial charge in [0.15, 0.2) is 6.10 Å². The van der Waals surface area contributed by atoms with Gasteiger partial charge in [-0.1, -0.05) is 15.9 Å². The van der Waals surface area contributed by atoms with Crippen molar-refractivity contribution in [1.82, 2.24) is 4.72 Å². The summed E-state index contributed by atoms with van der Waals surface area (Å²) in [4.78, 5) is -0.801. The van der Waals surface area contributed by atoms with Crippen molar-refractivity contribution >= 4 is 26.0 Å². The van der Waals surface area contributed by atoms with Gasteiger partial charge >= 0.3 is 6.18 Å². The Kier molecular flexibility index (Phi) is 4.93. The van der Waals surface area contributed by atoms with Crippen molar-refractivity contribution in [3.05, 3.63) is 28.5 Å². The van der Waals surface area contributed by atoms with E-state index in [0.29, 0.717) is 0 Å². The van der Waals surface area contributed by atoms with Gasteiger partial charge in [-0.2, -0.15) is 13.2 Å². The molecule has 0 aromatic heterocycles. The average molecular weight is 366 g/mol. The summed E-state index contributed by atoms with van der Waals surface area (Å²) in [5.74, 6) is -1.12. The van der Waals surface area contributed by atoms with Crippen molar-refractivity contribution in [2.24, 2.45) is 0 Å². The van der Waals surface area contributed by atoms with E-state index in [9.17, 15) is 26.0 Å². The molecule has 1 atom stereocenters. The quantitative estimate of drug-likeness (QED) is 0.799. The molecular weight excluding hydrogens is 358 g/mol. The fraction of sp³-hybridized carbons (Fsp3) is 0.333. The molecule has 0 fully saturated rings. The molecule has 2 N–H and O–H groups in total. The number of hydrogen-bond donors (Lipinski definition) is 2. The smallest absolute Gasteiger partial charge is 0.382 e. The molecule has 0 bridgehead atoms. The van der Waals surface area contributed by atoms with Gasteiger partial charge in [0.1, 0.15) is 10.7 Å². The molecular formula is C9H8BrF4NO3S. The highest BCUT2D eigenvalue weighted by molar-refractivity contribution is 9.10. The Morgan fingerprint density at radius 1 is 1.37 bits per heavy atom. The summed E-state index contributed by atoms with van der Waals surface area (Å²) in [5.41, 5.74) is 0. The molecule has 1 aromatic carbocycles. The van der Waals surface area contributed by atoms with Crippen LogP contribution in [0.5, 0.6) is 0 Å². The van der Waals surface area contributed by atoms with Gasteiger partial charge in [-0.25, -0.2) is 17.5 Å². The maximum Gasteiger partial charge on any atom is 0.415 e. The van der Waals surface area contributed by atoms with E-state index in [1.165, 1.54) is 10.8 Å². The highest BCUT2D eigenvalue weighted by Crippen LogP contribution is 2.21. The van der Waals surface area contributed by atoms with Gasteiger partial charge in [0.25, 0.3) is 0 Å². The van der Waals surface area contributed by atoms with Gasteiger partial charge in [0.2, 0.25) is 10.0 Å². The third kappa shape index (κ3) is 4.41. The van der Waals surface area contributed by atoms with E-state index in [1.807, 2.05) is 0 Å². The van der Waals surface area contributed by atoms with Crippen LogP contribution in [0.2, 0.25) is 0 Å². The highest BCUT2D eigenvalue weighted by atomic mass is 79.9. The molecule has 10 heteroatoms. The number of rotatable bonds is 4. The van der Waals surface area contributed by atoms with Crippen LogP contribution in [0.4, 0.5) is 17.6 Å². The molecule has 4 nitrogen and oxygen atoms in total. The Morgan fingerprint density at radius 2 is 1.95 bits per heavy atom. The first-order valence-electron chi connectivity index (χ1n) is 4.73. The minimum Gasteiger partial charge on any atom is -0.382 e. The highest BCUT2D eigenvalue weighted by Gasteiger charge is 2.38. The van der Waals surface area contributed by atoms with Gasteiger partial charge < -0.3 is 5.11 Å². The molecule has 0 aliphatic rings. The summed E-state index contributed by atoms with van der Waals surface area (Å²) in [7, 11) is -4.47. The van der Waals surface area contributed by atoms with Crippen LogP contribution in [0.3, 0.4) is 0 Å². The van der Waals surface area contributed by atoms with Gasteiger partial charge in [0.05, 0.1) is 0 Å². The van der Waals surface area contributed by atoms with E-state index in [4.69, 9.17) is 5.11 Å². The Balaban J connectivity index is 2.88. The van der Waals surface area contributed by atoms with Crippen LogP contribution < -0.4 is 4.72 Å². The monoisotopic (exact) mass is 365 g/mol. The van der Waals surface area contributed by atoms with Crippen molar-refractivity contribution in [3.63, 3.8) is 0 Å². The van der Waals surface area contributed by atoms with Gasteiger partial charge in [-0.3, -0.25) is 0 Å². The molecule has 19 heavy (non-hydrogen) atoms.